The van der Waals surface area contributed by atoms with E-state index in [0.29, 0.717) is 5.75 Å². The van der Waals surface area contributed by atoms with E-state index in [0.717, 1.165) is 22.8 Å². The van der Waals surface area contributed by atoms with Crippen molar-refractivity contribution < 1.29 is 13.2 Å². The monoisotopic (exact) mass is 311 g/mol. The molecule has 0 atom stereocenters. The summed E-state index contributed by atoms with van der Waals surface area (Å²) in [5.74, 6) is 0.496. The third-order valence-corrected chi connectivity index (χ3v) is 4.13. The Kier molecular flexibility index (Phi) is 4.52. The number of alkyl halides is 3. The van der Waals surface area contributed by atoms with Crippen molar-refractivity contribution in [3.05, 3.63) is 58.7 Å². The molecule has 112 valence electrons. The molecule has 2 rings (SSSR count). The first-order valence-electron chi connectivity index (χ1n) is 6.42. The minimum atomic E-state index is -4.39. The van der Waals surface area contributed by atoms with Gasteiger partial charge in [0.05, 0.1) is 5.56 Å². The maximum Gasteiger partial charge on any atom is 0.417 e. The molecule has 0 amide bonds. The molecule has 2 N–H and O–H groups in total. The molecule has 0 aliphatic carbocycles. The van der Waals surface area contributed by atoms with Crippen LogP contribution in [0.5, 0.6) is 0 Å². The zero-order chi connectivity index (χ0) is 15.6. The molecule has 0 aliphatic rings. The van der Waals surface area contributed by atoms with E-state index in [-0.39, 0.29) is 10.6 Å². The van der Waals surface area contributed by atoms with Crippen LogP contribution >= 0.6 is 11.8 Å². The minimum Gasteiger partial charge on any atom is -0.399 e. The minimum absolute atomic E-state index is 0.123. The first kappa shape index (κ1) is 15.8. The Labute approximate surface area is 126 Å². The summed E-state index contributed by atoms with van der Waals surface area (Å²) in [5.41, 5.74) is 8.15. The lowest BCUT2D eigenvalue weighted by molar-refractivity contribution is -0.139. The van der Waals surface area contributed by atoms with E-state index >= 15 is 0 Å². The summed E-state index contributed by atoms with van der Waals surface area (Å²) in [4.78, 5) is 0.204. The second-order valence-electron chi connectivity index (χ2n) is 5.04. The molecule has 0 bridgehead atoms. The zero-order valence-corrected chi connectivity index (χ0v) is 12.6. The van der Waals surface area contributed by atoms with E-state index in [9.17, 15) is 13.2 Å². The summed E-state index contributed by atoms with van der Waals surface area (Å²) in [6, 6.07) is 9.95. The van der Waals surface area contributed by atoms with Gasteiger partial charge in [-0.05, 0) is 37.6 Å². The van der Waals surface area contributed by atoms with E-state index in [1.54, 1.807) is 0 Å². The van der Waals surface area contributed by atoms with Gasteiger partial charge >= 0.3 is 6.18 Å². The van der Waals surface area contributed by atoms with Gasteiger partial charge in [0, 0.05) is 16.3 Å². The SMILES string of the molecule is Cc1cc(C)cc(CSc2ccc(N)cc2C(F)(F)F)c1. The summed E-state index contributed by atoms with van der Waals surface area (Å²) in [5, 5.41) is 0. The molecule has 1 nitrogen and oxygen atoms in total. The Hall–Kier alpha value is -1.62. The van der Waals surface area contributed by atoms with Gasteiger partial charge in [-0.3, -0.25) is 0 Å². The fraction of sp³-hybridized carbons (Fsp3) is 0.250. The van der Waals surface area contributed by atoms with Gasteiger partial charge in [-0.1, -0.05) is 29.3 Å². The number of hydrogen-bond acceptors (Lipinski definition) is 2. The molecule has 21 heavy (non-hydrogen) atoms. The molecular weight excluding hydrogens is 295 g/mol. The zero-order valence-electron chi connectivity index (χ0n) is 11.8. The van der Waals surface area contributed by atoms with Crippen molar-refractivity contribution in [1.29, 1.82) is 0 Å². The Morgan fingerprint density at radius 3 is 2.19 bits per heavy atom. The fourth-order valence-electron chi connectivity index (χ4n) is 2.21. The number of nitrogen functional groups attached to an aromatic ring is 1. The Balaban J connectivity index is 2.24. The summed E-state index contributed by atoms with van der Waals surface area (Å²) in [6.07, 6.45) is -4.39. The smallest absolute Gasteiger partial charge is 0.399 e. The summed E-state index contributed by atoms with van der Waals surface area (Å²) >= 11 is 1.18. The number of thioether (sulfide) groups is 1. The van der Waals surface area contributed by atoms with E-state index in [1.165, 1.54) is 23.9 Å². The lowest BCUT2D eigenvalue weighted by atomic mass is 10.1. The number of nitrogens with two attached hydrogens (primary N) is 1. The molecule has 0 saturated carbocycles. The van der Waals surface area contributed by atoms with Gasteiger partial charge in [-0.25, -0.2) is 0 Å². The van der Waals surface area contributed by atoms with Crippen LogP contribution in [0.2, 0.25) is 0 Å². The van der Waals surface area contributed by atoms with Gasteiger partial charge in [0.2, 0.25) is 0 Å². The fourth-order valence-corrected chi connectivity index (χ4v) is 3.19. The van der Waals surface area contributed by atoms with Crippen LogP contribution in [0.15, 0.2) is 41.3 Å². The van der Waals surface area contributed by atoms with Crippen LogP contribution in [0.4, 0.5) is 18.9 Å². The second kappa shape index (κ2) is 6.02. The van der Waals surface area contributed by atoms with Gasteiger partial charge in [0.15, 0.2) is 0 Å². The molecule has 2 aromatic rings. The molecule has 0 radical (unpaired) electrons. The van der Waals surface area contributed by atoms with E-state index in [4.69, 9.17) is 5.73 Å². The first-order valence-corrected chi connectivity index (χ1v) is 7.41. The number of rotatable bonds is 3. The Morgan fingerprint density at radius 1 is 1.00 bits per heavy atom. The van der Waals surface area contributed by atoms with Crippen LogP contribution in [0, 0.1) is 13.8 Å². The topological polar surface area (TPSA) is 26.0 Å². The highest BCUT2D eigenvalue weighted by Crippen LogP contribution is 2.38. The highest BCUT2D eigenvalue weighted by atomic mass is 32.2. The summed E-state index contributed by atoms with van der Waals surface area (Å²) in [6.45, 7) is 3.96. The molecule has 0 unspecified atom stereocenters. The Bertz CT molecular complexity index is 630. The van der Waals surface area contributed by atoms with Gasteiger partial charge < -0.3 is 5.73 Å². The molecule has 0 saturated heterocycles. The second-order valence-corrected chi connectivity index (χ2v) is 6.06. The molecule has 0 aliphatic heterocycles. The quantitative estimate of drug-likeness (QED) is 0.623. The highest BCUT2D eigenvalue weighted by Gasteiger charge is 2.33. The average Bonchev–Trinajstić information content (AvgIpc) is 2.35. The Morgan fingerprint density at radius 2 is 1.62 bits per heavy atom. The maximum atomic E-state index is 13.0. The lowest BCUT2D eigenvalue weighted by Gasteiger charge is -2.13. The predicted octanol–water partition coefficient (Wildman–Crippen LogP) is 5.20. The molecule has 0 fully saturated rings. The standard InChI is InChI=1S/C16H16F3NS/c1-10-5-11(2)7-12(6-10)9-21-15-4-3-13(20)8-14(15)16(17,18)19/h3-8H,9,20H2,1-2H3. The van der Waals surface area contributed by atoms with Crippen LogP contribution in [-0.2, 0) is 11.9 Å². The first-order chi connectivity index (χ1) is 9.75. The number of benzene rings is 2. The molecular formula is C16H16F3NS. The average molecular weight is 311 g/mol. The van der Waals surface area contributed by atoms with Crippen LogP contribution in [0.3, 0.4) is 0 Å². The number of hydrogen-bond donors (Lipinski definition) is 1. The maximum absolute atomic E-state index is 13.0. The highest BCUT2D eigenvalue weighted by molar-refractivity contribution is 7.98. The van der Waals surface area contributed by atoms with E-state index in [1.807, 2.05) is 32.0 Å². The van der Waals surface area contributed by atoms with Crippen LogP contribution < -0.4 is 5.73 Å². The van der Waals surface area contributed by atoms with Crippen LogP contribution in [0.1, 0.15) is 22.3 Å². The molecule has 5 heteroatoms. The third-order valence-electron chi connectivity index (χ3n) is 2.98. The normalized spacial score (nSPS) is 11.7. The van der Waals surface area contributed by atoms with Crippen molar-refractivity contribution in [3.8, 4) is 0 Å². The van der Waals surface area contributed by atoms with Gasteiger partial charge in [-0.15, -0.1) is 11.8 Å². The largest absolute Gasteiger partial charge is 0.417 e. The lowest BCUT2D eigenvalue weighted by Crippen LogP contribution is -2.07. The van der Waals surface area contributed by atoms with Gasteiger partial charge in [-0.2, -0.15) is 13.2 Å². The van der Waals surface area contributed by atoms with Crippen molar-refractivity contribution in [2.45, 2.75) is 30.7 Å². The van der Waals surface area contributed by atoms with E-state index < -0.39 is 11.7 Å². The van der Waals surface area contributed by atoms with Gasteiger partial charge in [0.25, 0.3) is 0 Å². The van der Waals surface area contributed by atoms with Crippen LogP contribution in [0.25, 0.3) is 0 Å². The molecule has 2 aromatic carbocycles. The number of aryl methyl sites for hydroxylation is 2. The predicted molar refractivity (Wildman–Crippen MR) is 81.3 cm³/mol. The summed E-state index contributed by atoms with van der Waals surface area (Å²) in [7, 11) is 0. The molecule has 0 heterocycles. The van der Waals surface area contributed by atoms with Crippen LogP contribution in [-0.4, -0.2) is 0 Å². The number of anilines is 1. The van der Waals surface area contributed by atoms with Crippen molar-refractivity contribution in [3.63, 3.8) is 0 Å². The molecule has 0 aromatic heterocycles. The van der Waals surface area contributed by atoms with Gasteiger partial charge in [0.1, 0.15) is 0 Å². The number of halogens is 3. The molecule has 0 spiro atoms. The van der Waals surface area contributed by atoms with E-state index in [2.05, 4.69) is 0 Å². The summed E-state index contributed by atoms with van der Waals surface area (Å²) < 4.78 is 39.0. The van der Waals surface area contributed by atoms with Crippen molar-refractivity contribution >= 4 is 17.4 Å². The third kappa shape index (κ3) is 4.17. The van der Waals surface area contributed by atoms with Crippen molar-refractivity contribution in [2.75, 3.05) is 5.73 Å². The van der Waals surface area contributed by atoms with Crippen molar-refractivity contribution in [1.82, 2.24) is 0 Å². The van der Waals surface area contributed by atoms with Crippen molar-refractivity contribution in [2.24, 2.45) is 0 Å².